The van der Waals surface area contributed by atoms with Crippen LogP contribution >= 0.6 is 15.9 Å². The van der Waals surface area contributed by atoms with Gasteiger partial charge in [-0.2, -0.15) is 18.4 Å². The lowest BCUT2D eigenvalue weighted by Gasteiger charge is -2.11. The molecule has 2 aromatic rings. The van der Waals surface area contributed by atoms with E-state index in [1.54, 1.807) is 24.3 Å². The Morgan fingerprint density at radius 3 is 2.15 bits per heavy atom. The predicted octanol–water partition coefficient (Wildman–Crippen LogP) is 5.13. The van der Waals surface area contributed by atoms with Gasteiger partial charge >= 0.3 is 6.18 Å². The second-order valence-corrected chi connectivity index (χ2v) is 4.79. The number of nitriles is 1. The molecule has 0 aliphatic carbocycles. The van der Waals surface area contributed by atoms with Crippen LogP contribution in [0.4, 0.5) is 13.2 Å². The van der Waals surface area contributed by atoms with Gasteiger partial charge in [0.15, 0.2) is 0 Å². The molecule has 2 aromatic carbocycles. The second kappa shape index (κ2) is 5.55. The lowest BCUT2D eigenvalue weighted by Crippen LogP contribution is -2.07. The first-order valence-electron chi connectivity index (χ1n) is 5.45. The molecule has 0 aliphatic rings. The summed E-state index contributed by atoms with van der Waals surface area (Å²) in [5.41, 5.74) is -1.43. The van der Waals surface area contributed by atoms with Crippen LogP contribution in [0, 0.1) is 11.3 Å². The summed E-state index contributed by atoms with van der Waals surface area (Å²) in [5.74, 6) is 0.435. The summed E-state index contributed by atoms with van der Waals surface area (Å²) in [4.78, 5) is 0. The molecule has 20 heavy (non-hydrogen) atoms. The number of hydrogen-bond donors (Lipinski definition) is 0. The van der Waals surface area contributed by atoms with Gasteiger partial charge < -0.3 is 4.74 Å². The highest BCUT2D eigenvalue weighted by Gasteiger charge is 2.34. The summed E-state index contributed by atoms with van der Waals surface area (Å²) in [6.07, 6.45) is -4.59. The van der Waals surface area contributed by atoms with E-state index in [2.05, 4.69) is 15.9 Å². The number of benzene rings is 2. The first-order chi connectivity index (χ1) is 9.40. The van der Waals surface area contributed by atoms with Crippen LogP contribution < -0.4 is 4.74 Å². The third-order valence-corrected chi connectivity index (χ3v) is 2.99. The summed E-state index contributed by atoms with van der Waals surface area (Å²) in [6, 6.07) is 11.4. The lowest BCUT2D eigenvalue weighted by molar-refractivity contribution is -0.137. The van der Waals surface area contributed by atoms with Crippen LogP contribution in [0.3, 0.4) is 0 Å². The van der Waals surface area contributed by atoms with Crippen molar-refractivity contribution in [2.45, 2.75) is 6.18 Å². The van der Waals surface area contributed by atoms with Gasteiger partial charge in [0.05, 0.1) is 17.2 Å². The molecule has 0 unspecified atom stereocenters. The van der Waals surface area contributed by atoms with Crippen molar-refractivity contribution >= 4 is 15.9 Å². The minimum Gasteiger partial charge on any atom is -0.457 e. The first kappa shape index (κ1) is 14.4. The van der Waals surface area contributed by atoms with Crippen LogP contribution in [0.5, 0.6) is 11.5 Å². The lowest BCUT2D eigenvalue weighted by atomic mass is 10.1. The molecule has 0 bridgehead atoms. The van der Waals surface area contributed by atoms with E-state index in [4.69, 9.17) is 10.00 Å². The molecular formula is C14H7BrF3NO. The maximum atomic E-state index is 12.8. The van der Waals surface area contributed by atoms with E-state index in [9.17, 15) is 13.2 Å². The van der Waals surface area contributed by atoms with E-state index in [0.717, 1.165) is 16.6 Å². The molecule has 0 saturated carbocycles. The van der Waals surface area contributed by atoms with Crippen LogP contribution in [-0.2, 0) is 6.18 Å². The Hall–Kier alpha value is -2.00. The van der Waals surface area contributed by atoms with Gasteiger partial charge in [0.2, 0.25) is 0 Å². The maximum Gasteiger partial charge on any atom is 0.417 e. The van der Waals surface area contributed by atoms with Gasteiger partial charge in [-0.25, -0.2) is 0 Å². The quantitative estimate of drug-likeness (QED) is 0.758. The fourth-order valence-corrected chi connectivity index (χ4v) is 1.82. The van der Waals surface area contributed by atoms with Gasteiger partial charge in [-0.05, 0) is 42.5 Å². The predicted molar refractivity (Wildman–Crippen MR) is 70.4 cm³/mol. The van der Waals surface area contributed by atoms with Crippen molar-refractivity contribution in [2.24, 2.45) is 0 Å². The normalized spacial score (nSPS) is 10.9. The highest BCUT2D eigenvalue weighted by Crippen LogP contribution is 2.35. The Kier molecular flexibility index (Phi) is 4.00. The third-order valence-electron chi connectivity index (χ3n) is 2.47. The molecule has 0 fully saturated rings. The van der Waals surface area contributed by atoms with Crippen LogP contribution in [-0.4, -0.2) is 0 Å². The Labute approximate surface area is 121 Å². The van der Waals surface area contributed by atoms with Gasteiger partial charge in [0.25, 0.3) is 0 Å². The summed E-state index contributed by atoms with van der Waals surface area (Å²) >= 11 is 3.25. The highest BCUT2D eigenvalue weighted by molar-refractivity contribution is 9.10. The third kappa shape index (κ3) is 3.31. The molecule has 0 saturated heterocycles. The molecule has 0 N–H and O–H groups in total. The zero-order chi connectivity index (χ0) is 14.8. The topological polar surface area (TPSA) is 33.0 Å². The molecule has 102 valence electrons. The molecule has 0 aromatic heterocycles. The maximum absolute atomic E-state index is 12.8. The zero-order valence-electron chi connectivity index (χ0n) is 9.91. The average molecular weight is 342 g/mol. The van der Waals surface area contributed by atoms with Crippen molar-refractivity contribution in [1.82, 2.24) is 0 Å². The molecule has 2 rings (SSSR count). The van der Waals surface area contributed by atoms with Gasteiger partial charge in [-0.3, -0.25) is 0 Å². The number of alkyl halides is 3. The standard InChI is InChI=1S/C14H7BrF3NO/c15-10-2-5-11(6-3-10)20-12-4-1-9(8-19)13(7-12)14(16,17)18/h1-7H. The molecule has 2 nitrogen and oxygen atoms in total. The largest absolute Gasteiger partial charge is 0.457 e. The molecule has 0 aliphatic heterocycles. The van der Waals surface area contributed by atoms with Crippen molar-refractivity contribution in [3.63, 3.8) is 0 Å². The van der Waals surface area contributed by atoms with Gasteiger partial charge in [-0.1, -0.05) is 15.9 Å². The summed E-state index contributed by atoms with van der Waals surface area (Å²) in [5, 5.41) is 8.70. The molecule has 6 heteroatoms. The number of rotatable bonds is 2. The second-order valence-electron chi connectivity index (χ2n) is 3.87. The number of nitrogens with zero attached hydrogens (tertiary/aromatic N) is 1. The monoisotopic (exact) mass is 341 g/mol. The van der Waals surface area contributed by atoms with E-state index in [1.807, 2.05) is 0 Å². The Bertz CT molecular complexity index is 660. The zero-order valence-corrected chi connectivity index (χ0v) is 11.5. The van der Waals surface area contributed by atoms with E-state index < -0.39 is 17.3 Å². The van der Waals surface area contributed by atoms with Crippen molar-refractivity contribution < 1.29 is 17.9 Å². The fourth-order valence-electron chi connectivity index (χ4n) is 1.56. The smallest absolute Gasteiger partial charge is 0.417 e. The minimum absolute atomic E-state index is 0.0265. The molecular weight excluding hydrogens is 335 g/mol. The average Bonchev–Trinajstić information content (AvgIpc) is 2.40. The molecule has 0 amide bonds. The van der Waals surface area contributed by atoms with Gasteiger partial charge in [0, 0.05) is 4.47 Å². The van der Waals surface area contributed by atoms with Crippen molar-refractivity contribution in [3.05, 3.63) is 58.1 Å². The number of ether oxygens (including phenoxy) is 1. The molecule has 0 spiro atoms. The molecule has 0 radical (unpaired) electrons. The van der Waals surface area contributed by atoms with Gasteiger partial charge in [-0.15, -0.1) is 0 Å². The van der Waals surface area contributed by atoms with E-state index in [0.29, 0.717) is 5.75 Å². The Morgan fingerprint density at radius 2 is 1.60 bits per heavy atom. The van der Waals surface area contributed by atoms with Crippen molar-refractivity contribution in [3.8, 4) is 17.6 Å². The van der Waals surface area contributed by atoms with E-state index in [1.165, 1.54) is 12.1 Å². The van der Waals surface area contributed by atoms with Crippen LogP contribution in [0.15, 0.2) is 46.9 Å². The Balaban J connectivity index is 2.34. The molecule has 0 heterocycles. The highest BCUT2D eigenvalue weighted by atomic mass is 79.9. The van der Waals surface area contributed by atoms with E-state index in [-0.39, 0.29) is 5.75 Å². The Morgan fingerprint density at radius 1 is 1.00 bits per heavy atom. The first-order valence-corrected chi connectivity index (χ1v) is 6.24. The van der Waals surface area contributed by atoms with Crippen molar-refractivity contribution in [2.75, 3.05) is 0 Å². The fraction of sp³-hybridized carbons (Fsp3) is 0.0714. The van der Waals surface area contributed by atoms with Crippen LogP contribution in [0.1, 0.15) is 11.1 Å². The number of hydrogen-bond acceptors (Lipinski definition) is 2. The van der Waals surface area contributed by atoms with Crippen molar-refractivity contribution in [1.29, 1.82) is 5.26 Å². The minimum atomic E-state index is -4.59. The summed E-state index contributed by atoms with van der Waals surface area (Å²) in [7, 11) is 0. The van der Waals surface area contributed by atoms with Crippen LogP contribution in [0.25, 0.3) is 0 Å². The molecule has 0 atom stereocenters. The van der Waals surface area contributed by atoms with Crippen LogP contribution in [0.2, 0.25) is 0 Å². The summed E-state index contributed by atoms with van der Waals surface area (Å²) < 4.78 is 44.6. The number of halogens is 4. The SMILES string of the molecule is N#Cc1ccc(Oc2ccc(Br)cc2)cc1C(F)(F)F. The summed E-state index contributed by atoms with van der Waals surface area (Å²) in [6.45, 7) is 0. The van der Waals surface area contributed by atoms with E-state index >= 15 is 0 Å². The van der Waals surface area contributed by atoms with Gasteiger partial charge in [0.1, 0.15) is 11.5 Å².